The van der Waals surface area contributed by atoms with Crippen molar-refractivity contribution in [3.8, 4) is 0 Å². The van der Waals surface area contributed by atoms with Crippen LogP contribution in [0.5, 0.6) is 0 Å². The topological polar surface area (TPSA) is 0 Å². The second-order valence-corrected chi connectivity index (χ2v) is 22.2. The Labute approximate surface area is 131 Å². The Morgan fingerprint density at radius 3 is 1.30 bits per heavy atom. The Morgan fingerprint density at radius 1 is 0.800 bits per heavy atom. The van der Waals surface area contributed by atoms with E-state index in [9.17, 15) is 0 Å². The Bertz CT molecular complexity index is 398. The van der Waals surface area contributed by atoms with Crippen molar-refractivity contribution in [2.45, 2.75) is 96.0 Å². The van der Waals surface area contributed by atoms with Gasteiger partial charge < -0.3 is 0 Å². The van der Waals surface area contributed by atoms with Crippen molar-refractivity contribution in [2.75, 3.05) is 0 Å². The average molecular weight is 306 g/mol. The number of hydrogen-bond acceptors (Lipinski definition) is 0. The summed E-state index contributed by atoms with van der Waals surface area (Å²) in [6.07, 6.45) is 0. The first-order valence-corrected chi connectivity index (χ1v) is 15.2. The zero-order chi connectivity index (χ0) is 16.4. The van der Waals surface area contributed by atoms with E-state index in [1.807, 2.05) is 5.36 Å². The molecular weight excluding hydrogens is 270 g/mol. The maximum atomic E-state index is 2.64. The first kappa shape index (κ1) is 18.5. The molecule has 0 aromatic rings. The molecule has 0 atom stereocenters. The van der Waals surface area contributed by atoms with E-state index in [0.29, 0.717) is 15.2 Å². The van der Waals surface area contributed by atoms with Gasteiger partial charge in [0.25, 0.3) is 0 Å². The summed E-state index contributed by atoms with van der Waals surface area (Å²) in [5.41, 5.74) is 0. The summed E-state index contributed by atoms with van der Waals surface area (Å²) in [5.74, 6) is 0. The predicted octanol–water partition coefficient (Wildman–Crippen LogP) is 5.42. The second-order valence-electron chi connectivity index (χ2n) is 11.1. The molecular formula is C16H36B2Si2. The van der Waals surface area contributed by atoms with E-state index < -0.39 is 16.1 Å². The molecule has 0 aromatic heterocycles. The quantitative estimate of drug-likeness (QED) is 0.597. The molecule has 1 heterocycles. The molecule has 0 amide bonds. The van der Waals surface area contributed by atoms with Crippen LogP contribution in [-0.4, -0.2) is 35.1 Å². The molecule has 0 aliphatic carbocycles. The maximum absolute atomic E-state index is 2.64. The molecule has 1 saturated heterocycles. The molecule has 0 radical (unpaired) electrons. The Hall–Kier alpha value is 0.434. The molecule has 114 valence electrons. The summed E-state index contributed by atoms with van der Waals surface area (Å²) in [6.45, 7) is 33.5. The first-order valence-electron chi connectivity index (χ1n) is 8.19. The summed E-state index contributed by atoms with van der Waals surface area (Å²) < 4.78 is 0.589. The van der Waals surface area contributed by atoms with E-state index in [1.165, 1.54) is 0 Å². The van der Waals surface area contributed by atoms with Gasteiger partial charge in [0.05, 0.1) is 0 Å². The Balaban J connectivity index is 3.55. The van der Waals surface area contributed by atoms with Crippen molar-refractivity contribution in [1.82, 2.24) is 0 Å². The predicted molar refractivity (Wildman–Crippen MR) is 105 cm³/mol. The fourth-order valence-electron chi connectivity index (χ4n) is 4.99. The zero-order valence-corrected chi connectivity index (χ0v) is 18.2. The van der Waals surface area contributed by atoms with Crippen LogP contribution in [0.1, 0.15) is 41.5 Å². The van der Waals surface area contributed by atoms with Crippen molar-refractivity contribution < 1.29 is 0 Å². The molecule has 0 aromatic carbocycles. The van der Waals surface area contributed by atoms with E-state index in [2.05, 4.69) is 87.7 Å². The van der Waals surface area contributed by atoms with Crippen LogP contribution in [0.2, 0.25) is 54.5 Å². The van der Waals surface area contributed by atoms with Gasteiger partial charge in [-0.05, 0) is 0 Å². The van der Waals surface area contributed by atoms with Gasteiger partial charge in [-0.2, -0.15) is 0 Å². The van der Waals surface area contributed by atoms with Crippen LogP contribution in [-0.2, 0) is 0 Å². The van der Waals surface area contributed by atoms with Crippen LogP contribution in [0.3, 0.4) is 0 Å². The van der Waals surface area contributed by atoms with Crippen molar-refractivity contribution in [3.05, 3.63) is 0 Å². The standard InChI is InChI=1S/C16H36B2Si2/c1-14(2,3)17-13-16(19(7,8)9,20(10,11)12)18(13)15(4,5)6/h1-12H3. The molecule has 1 rings (SSSR count). The third-order valence-corrected chi connectivity index (χ3v) is 15.3. The van der Waals surface area contributed by atoms with Crippen molar-refractivity contribution in [2.24, 2.45) is 0 Å². The third-order valence-electron chi connectivity index (χ3n) is 4.94. The normalized spacial score (nSPS) is 22.0. The van der Waals surface area contributed by atoms with E-state index in [1.54, 1.807) is 0 Å². The van der Waals surface area contributed by atoms with E-state index in [4.69, 9.17) is 0 Å². The number of rotatable bonds is 2. The molecule has 0 N–H and O–H groups in total. The molecule has 1 aliphatic heterocycles. The molecule has 0 spiro atoms. The van der Waals surface area contributed by atoms with Gasteiger partial charge in [0.2, 0.25) is 0 Å². The molecule has 0 bridgehead atoms. The minimum atomic E-state index is -1.25. The monoisotopic (exact) mass is 306 g/mol. The van der Waals surface area contributed by atoms with Crippen LogP contribution < -0.4 is 0 Å². The SMILES string of the molecule is CC(C)(C)B=C1B(C(C)(C)C)C1([Si](C)(C)C)[Si](C)(C)C. The van der Waals surface area contributed by atoms with Crippen LogP contribution in [0.4, 0.5) is 0 Å². The summed E-state index contributed by atoms with van der Waals surface area (Å²) in [5, 5.41) is 2.54. The van der Waals surface area contributed by atoms with E-state index in [0.717, 1.165) is 6.71 Å². The fourth-order valence-corrected chi connectivity index (χ4v) is 18.9. The molecule has 4 heteroatoms. The van der Waals surface area contributed by atoms with Gasteiger partial charge in [-0.3, -0.25) is 0 Å². The van der Waals surface area contributed by atoms with Gasteiger partial charge in [-0.15, -0.1) is 0 Å². The van der Waals surface area contributed by atoms with Crippen molar-refractivity contribution in [1.29, 1.82) is 0 Å². The molecule has 20 heavy (non-hydrogen) atoms. The summed E-state index contributed by atoms with van der Waals surface area (Å²) in [4.78, 5) is 0. The Morgan fingerprint density at radius 2 is 1.15 bits per heavy atom. The summed E-state index contributed by atoms with van der Waals surface area (Å²) in [6, 6.07) is 0. The second kappa shape index (κ2) is 4.71. The van der Waals surface area contributed by atoms with E-state index >= 15 is 0 Å². The molecule has 1 aliphatic rings. The average Bonchev–Trinajstić information content (AvgIpc) is 2.66. The fraction of sp³-hybridized carbons (Fsp3) is 0.938. The third kappa shape index (κ3) is 2.97. The van der Waals surface area contributed by atoms with Gasteiger partial charge >= 0.3 is 131 Å². The van der Waals surface area contributed by atoms with Crippen LogP contribution in [0, 0.1) is 0 Å². The van der Waals surface area contributed by atoms with Gasteiger partial charge in [0, 0.05) is 0 Å². The van der Waals surface area contributed by atoms with Crippen molar-refractivity contribution in [3.63, 3.8) is 0 Å². The molecule has 1 fully saturated rings. The van der Waals surface area contributed by atoms with E-state index in [-0.39, 0.29) is 0 Å². The van der Waals surface area contributed by atoms with Gasteiger partial charge in [-0.25, -0.2) is 0 Å². The van der Waals surface area contributed by atoms with Crippen molar-refractivity contribution >= 4 is 35.1 Å². The number of hydrogen-bond donors (Lipinski definition) is 0. The zero-order valence-electron chi connectivity index (χ0n) is 16.2. The first-order chi connectivity index (χ1) is 8.46. The van der Waals surface area contributed by atoms with Crippen LogP contribution in [0.25, 0.3) is 0 Å². The van der Waals surface area contributed by atoms with Crippen LogP contribution >= 0.6 is 0 Å². The molecule has 0 nitrogen and oxygen atoms in total. The molecule has 0 saturated carbocycles. The van der Waals surface area contributed by atoms with Gasteiger partial charge in [-0.1, -0.05) is 0 Å². The Kier molecular flexibility index (Phi) is 4.35. The molecule has 0 unspecified atom stereocenters. The minimum absolute atomic E-state index is 0.305. The summed E-state index contributed by atoms with van der Waals surface area (Å²) in [7, 11) is -2.50. The van der Waals surface area contributed by atoms with Crippen LogP contribution in [0.15, 0.2) is 0 Å². The van der Waals surface area contributed by atoms with Gasteiger partial charge in [0.1, 0.15) is 0 Å². The van der Waals surface area contributed by atoms with Gasteiger partial charge in [0.15, 0.2) is 0 Å². The summed E-state index contributed by atoms with van der Waals surface area (Å²) >= 11 is 0.